The Labute approximate surface area is 119 Å². The van der Waals surface area contributed by atoms with Crippen molar-refractivity contribution in [3.05, 3.63) is 41.5 Å². The fourth-order valence-corrected chi connectivity index (χ4v) is 1.60. The number of carbonyl (C=O) groups excluding carboxylic acids is 1. The molecule has 4 heteroatoms. The van der Waals surface area contributed by atoms with Crippen LogP contribution in [0.1, 0.15) is 43.1 Å². The Morgan fingerprint density at radius 2 is 2.00 bits per heavy atom. The van der Waals surface area contributed by atoms with E-state index in [1.54, 1.807) is 24.3 Å². The van der Waals surface area contributed by atoms with Crippen LogP contribution in [0.3, 0.4) is 0 Å². The van der Waals surface area contributed by atoms with Gasteiger partial charge in [-0.15, -0.1) is 0 Å². The normalized spacial score (nSPS) is 11.6. The van der Waals surface area contributed by atoms with E-state index in [9.17, 15) is 9.59 Å². The van der Waals surface area contributed by atoms with E-state index >= 15 is 0 Å². The van der Waals surface area contributed by atoms with Crippen LogP contribution in [0.5, 0.6) is 0 Å². The Morgan fingerprint density at radius 3 is 2.60 bits per heavy atom. The van der Waals surface area contributed by atoms with Gasteiger partial charge in [-0.25, -0.2) is 4.79 Å². The van der Waals surface area contributed by atoms with Crippen molar-refractivity contribution < 1.29 is 14.7 Å². The highest BCUT2D eigenvalue weighted by Crippen LogP contribution is 2.17. The second kappa shape index (κ2) is 6.89. The first-order valence-electron chi connectivity index (χ1n) is 6.57. The summed E-state index contributed by atoms with van der Waals surface area (Å²) in [5.41, 5.74) is 1.40. The summed E-state index contributed by atoms with van der Waals surface area (Å²) < 4.78 is 0. The van der Waals surface area contributed by atoms with Gasteiger partial charge in [0.05, 0.1) is 0 Å². The maximum absolute atomic E-state index is 12.0. The monoisotopic (exact) mass is 275 g/mol. The first kappa shape index (κ1) is 16.0. The number of aliphatic carboxylic acids is 1. The maximum atomic E-state index is 12.0. The first-order valence-corrected chi connectivity index (χ1v) is 6.57. The van der Waals surface area contributed by atoms with Gasteiger partial charge in [0.15, 0.2) is 0 Å². The van der Waals surface area contributed by atoms with Crippen LogP contribution in [-0.2, 0) is 4.79 Å². The molecule has 0 aliphatic rings. The maximum Gasteiger partial charge on any atom is 0.328 e. The Bertz CT molecular complexity index is 513. The highest BCUT2D eigenvalue weighted by atomic mass is 16.4. The summed E-state index contributed by atoms with van der Waals surface area (Å²) in [5, 5.41) is 11.4. The van der Waals surface area contributed by atoms with Crippen LogP contribution < -0.4 is 5.32 Å². The molecule has 0 aromatic heterocycles. The quantitative estimate of drug-likeness (QED) is 0.812. The predicted molar refractivity (Wildman–Crippen MR) is 79.5 cm³/mol. The second-order valence-corrected chi connectivity index (χ2v) is 5.86. The van der Waals surface area contributed by atoms with E-state index < -0.39 is 5.97 Å². The second-order valence-electron chi connectivity index (χ2n) is 5.86. The standard InChI is InChI=1S/C16H21NO3/c1-16(2,3)9-10-17-15(20)13-6-4-5-12(11-13)7-8-14(18)19/h4-8,11H,9-10H2,1-3H3,(H,17,20)(H,18,19)/b8-7+. The van der Waals surface area contributed by atoms with E-state index in [0.717, 1.165) is 12.5 Å². The van der Waals surface area contributed by atoms with E-state index in [4.69, 9.17) is 5.11 Å². The van der Waals surface area contributed by atoms with Crippen molar-refractivity contribution in [3.8, 4) is 0 Å². The van der Waals surface area contributed by atoms with Gasteiger partial charge >= 0.3 is 5.97 Å². The molecule has 0 radical (unpaired) electrons. The van der Waals surface area contributed by atoms with E-state index in [2.05, 4.69) is 26.1 Å². The molecule has 2 N–H and O–H groups in total. The third-order valence-corrected chi connectivity index (χ3v) is 2.73. The fourth-order valence-electron chi connectivity index (χ4n) is 1.60. The Balaban J connectivity index is 2.65. The van der Waals surface area contributed by atoms with Crippen LogP contribution >= 0.6 is 0 Å². The summed E-state index contributed by atoms with van der Waals surface area (Å²) in [6.45, 7) is 6.99. The zero-order valence-electron chi connectivity index (χ0n) is 12.1. The molecule has 0 atom stereocenters. The van der Waals surface area contributed by atoms with Gasteiger partial charge in [-0.3, -0.25) is 4.79 Å². The molecular formula is C16H21NO3. The largest absolute Gasteiger partial charge is 0.478 e. The minimum Gasteiger partial charge on any atom is -0.478 e. The van der Waals surface area contributed by atoms with Crippen molar-refractivity contribution in [2.45, 2.75) is 27.2 Å². The van der Waals surface area contributed by atoms with E-state index in [1.165, 1.54) is 6.08 Å². The molecule has 20 heavy (non-hydrogen) atoms. The van der Waals surface area contributed by atoms with Gasteiger partial charge in [-0.05, 0) is 35.6 Å². The third kappa shape index (κ3) is 6.18. The Kier molecular flexibility index (Phi) is 5.50. The van der Waals surface area contributed by atoms with E-state index in [0.29, 0.717) is 17.7 Å². The number of benzene rings is 1. The first-order chi connectivity index (χ1) is 9.28. The van der Waals surface area contributed by atoms with Gasteiger partial charge in [0.25, 0.3) is 5.91 Å². The van der Waals surface area contributed by atoms with Crippen molar-refractivity contribution in [2.75, 3.05) is 6.54 Å². The van der Waals surface area contributed by atoms with Crippen LogP contribution in [0.25, 0.3) is 6.08 Å². The lowest BCUT2D eigenvalue weighted by molar-refractivity contribution is -0.131. The molecule has 0 aliphatic heterocycles. The van der Waals surface area contributed by atoms with Crippen LogP contribution in [0.4, 0.5) is 0 Å². The minimum atomic E-state index is -1.01. The highest BCUT2D eigenvalue weighted by Gasteiger charge is 2.11. The molecular weight excluding hydrogens is 254 g/mol. The Hall–Kier alpha value is -2.10. The zero-order chi connectivity index (χ0) is 15.2. The van der Waals surface area contributed by atoms with Gasteiger partial charge in [-0.2, -0.15) is 0 Å². The number of rotatable bonds is 5. The zero-order valence-corrected chi connectivity index (χ0v) is 12.1. The third-order valence-electron chi connectivity index (χ3n) is 2.73. The lowest BCUT2D eigenvalue weighted by Gasteiger charge is -2.18. The average molecular weight is 275 g/mol. The van der Waals surface area contributed by atoms with Crippen molar-refractivity contribution in [1.29, 1.82) is 0 Å². The van der Waals surface area contributed by atoms with Gasteiger partial charge in [0, 0.05) is 18.2 Å². The van der Waals surface area contributed by atoms with E-state index in [1.807, 2.05) is 0 Å². The lowest BCUT2D eigenvalue weighted by atomic mass is 9.92. The van der Waals surface area contributed by atoms with Gasteiger partial charge in [0.2, 0.25) is 0 Å². The molecule has 1 aromatic rings. The number of hydrogen-bond acceptors (Lipinski definition) is 2. The summed E-state index contributed by atoms with van der Waals surface area (Å²) in [7, 11) is 0. The fraction of sp³-hybridized carbons (Fsp3) is 0.375. The van der Waals surface area contributed by atoms with Gasteiger partial charge in [-0.1, -0.05) is 32.9 Å². The van der Waals surface area contributed by atoms with Gasteiger partial charge in [0.1, 0.15) is 0 Å². The average Bonchev–Trinajstić information content (AvgIpc) is 2.35. The molecule has 0 unspecified atom stereocenters. The van der Waals surface area contributed by atoms with Crippen molar-refractivity contribution in [3.63, 3.8) is 0 Å². The molecule has 0 saturated heterocycles. The molecule has 4 nitrogen and oxygen atoms in total. The number of amides is 1. The molecule has 1 aromatic carbocycles. The molecule has 0 saturated carbocycles. The van der Waals surface area contributed by atoms with Crippen molar-refractivity contribution >= 4 is 18.0 Å². The molecule has 0 aliphatic carbocycles. The number of carbonyl (C=O) groups is 2. The molecule has 0 bridgehead atoms. The van der Waals surface area contributed by atoms with Crippen molar-refractivity contribution in [2.24, 2.45) is 5.41 Å². The number of carboxylic acid groups (broad SMARTS) is 1. The summed E-state index contributed by atoms with van der Waals surface area (Å²) in [6.07, 6.45) is 3.42. The summed E-state index contributed by atoms with van der Waals surface area (Å²) >= 11 is 0. The highest BCUT2D eigenvalue weighted by molar-refractivity contribution is 5.95. The smallest absolute Gasteiger partial charge is 0.328 e. The predicted octanol–water partition coefficient (Wildman–Crippen LogP) is 2.95. The molecule has 0 heterocycles. The lowest BCUT2D eigenvalue weighted by Crippen LogP contribution is -2.27. The van der Waals surface area contributed by atoms with Gasteiger partial charge < -0.3 is 10.4 Å². The molecule has 108 valence electrons. The topological polar surface area (TPSA) is 66.4 Å². The van der Waals surface area contributed by atoms with Crippen LogP contribution in [0.15, 0.2) is 30.3 Å². The summed E-state index contributed by atoms with van der Waals surface area (Å²) in [5.74, 6) is -1.15. The van der Waals surface area contributed by atoms with Crippen molar-refractivity contribution in [1.82, 2.24) is 5.32 Å². The summed E-state index contributed by atoms with van der Waals surface area (Å²) in [6, 6.07) is 6.88. The number of carboxylic acids is 1. The molecule has 0 spiro atoms. The Morgan fingerprint density at radius 1 is 1.30 bits per heavy atom. The minimum absolute atomic E-state index is 0.139. The number of hydrogen-bond donors (Lipinski definition) is 2. The SMILES string of the molecule is CC(C)(C)CCNC(=O)c1cccc(/C=C/C(=O)O)c1. The summed E-state index contributed by atoms with van der Waals surface area (Å²) in [4.78, 5) is 22.4. The molecule has 0 fully saturated rings. The molecule has 1 rings (SSSR count). The molecule has 1 amide bonds. The number of nitrogens with one attached hydrogen (secondary N) is 1. The van der Waals surface area contributed by atoms with Crippen LogP contribution in [-0.4, -0.2) is 23.5 Å². The van der Waals surface area contributed by atoms with E-state index in [-0.39, 0.29) is 11.3 Å². The van der Waals surface area contributed by atoms with Crippen LogP contribution in [0, 0.1) is 5.41 Å². The van der Waals surface area contributed by atoms with Crippen LogP contribution in [0.2, 0.25) is 0 Å².